The summed E-state index contributed by atoms with van der Waals surface area (Å²) in [5, 5.41) is 5.92. The van der Waals surface area contributed by atoms with E-state index in [-0.39, 0.29) is 12.5 Å². The summed E-state index contributed by atoms with van der Waals surface area (Å²) in [7, 11) is 1.60. The molecule has 0 unspecified atom stereocenters. The highest BCUT2D eigenvalue weighted by Crippen LogP contribution is 2.17. The van der Waals surface area contributed by atoms with Crippen molar-refractivity contribution in [3.63, 3.8) is 0 Å². The van der Waals surface area contributed by atoms with E-state index in [0.29, 0.717) is 11.4 Å². The minimum atomic E-state index is -0.119. The zero-order valence-electron chi connectivity index (χ0n) is 14.2. The third kappa shape index (κ3) is 5.83. The first-order valence-electron chi connectivity index (χ1n) is 8.12. The van der Waals surface area contributed by atoms with Crippen LogP contribution in [-0.2, 0) is 4.79 Å². The number of hydrogen-bond acceptors (Lipinski definition) is 4. The number of carbonyl (C=O) groups is 1. The van der Waals surface area contributed by atoms with Crippen LogP contribution < -0.4 is 20.1 Å². The van der Waals surface area contributed by atoms with E-state index in [9.17, 15) is 4.79 Å². The van der Waals surface area contributed by atoms with Crippen LogP contribution in [0.3, 0.4) is 0 Å². The molecule has 0 spiro atoms. The number of methoxy groups -OCH3 is 1. The summed E-state index contributed by atoms with van der Waals surface area (Å²) in [6.07, 6.45) is 2.16. The van der Waals surface area contributed by atoms with Crippen LogP contribution in [0.5, 0.6) is 11.5 Å². The predicted molar refractivity (Wildman–Crippen MR) is 97.0 cm³/mol. The topological polar surface area (TPSA) is 59.6 Å². The molecular weight excluding hydrogens is 304 g/mol. The highest BCUT2D eigenvalue weighted by Gasteiger charge is 2.03. The van der Waals surface area contributed by atoms with Crippen LogP contribution in [0.4, 0.5) is 11.4 Å². The number of benzene rings is 2. The average molecular weight is 328 g/mol. The molecule has 0 aliphatic heterocycles. The van der Waals surface area contributed by atoms with Gasteiger partial charge >= 0.3 is 0 Å². The summed E-state index contributed by atoms with van der Waals surface area (Å²) in [5.74, 6) is 1.43. The Morgan fingerprint density at radius 1 is 1.04 bits per heavy atom. The molecule has 0 bridgehead atoms. The van der Waals surface area contributed by atoms with Crippen LogP contribution in [0, 0.1) is 0 Å². The Morgan fingerprint density at radius 3 is 2.54 bits per heavy atom. The van der Waals surface area contributed by atoms with Crippen molar-refractivity contribution in [2.75, 3.05) is 30.9 Å². The summed E-state index contributed by atoms with van der Waals surface area (Å²) < 4.78 is 10.7. The average Bonchev–Trinajstić information content (AvgIpc) is 2.61. The van der Waals surface area contributed by atoms with Crippen molar-refractivity contribution < 1.29 is 14.3 Å². The monoisotopic (exact) mass is 328 g/mol. The second kappa shape index (κ2) is 9.45. The van der Waals surface area contributed by atoms with Crippen LogP contribution in [0.25, 0.3) is 0 Å². The van der Waals surface area contributed by atoms with Gasteiger partial charge in [-0.2, -0.15) is 0 Å². The van der Waals surface area contributed by atoms with Gasteiger partial charge in [0.05, 0.1) is 20.3 Å². The molecule has 2 N–H and O–H groups in total. The number of ether oxygens (including phenoxy) is 2. The predicted octanol–water partition coefficient (Wildman–Crippen LogP) is 3.92. The molecule has 5 heteroatoms. The minimum Gasteiger partial charge on any atom is -0.497 e. The lowest BCUT2D eigenvalue weighted by Crippen LogP contribution is -2.21. The Morgan fingerprint density at radius 2 is 1.83 bits per heavy atom. The van der Waals surface area contributed by atoms with E-state index in [2.05, 4.69) is 17.6 Å². The number of nitrogens with one attached hydrogen (secondary N) is 2. The second-order valence-electron chi connectivity index (χ2n) is 5.36. The Hall–Kier alpha value is -2.69. The first kappa shape index (κ1) is 17.7. The fraction of sp³-hybridized carbons (Fsp3) is 0.316. The molecule has 128 valence electrons. The zero-order chi connectivity index (χ0) is 17.2. The summed E-state index contributed by atoms with van der Waals surface area (Å²) in [6.45, 7) is 3.05. The number of carbonyl (C=O) groups excluding carboxylic acids is 1. The molecule has 5 nitrogen and oxygen atoms in total. The Labute approximate surface area is 143 Å². The number of rotatable bonds is 9. The van der Waals surface area contributed by atoms with Crippen LogP contribution in [-0.4, -0.2) is 26.2 Å². The fourth-order valence-electron chi connectivity index (χ4n) is 2.09. The molecule has 1 amide bonds. The molecule has 0 saturated heterocycles. The van der Waals surface area contributed by atoms with Gasteiger partial charge in [-0.25, -0.2) is 0 Å². The summed E-state index contributed by atoms with van der Waals surface area (Å²) in [5.41, 5.74) is 1.58. The van der Waals surface area contributed by atoms with Crippen LogP contribution in [0.2, 0.25) is 0 Å². The molecule has 2 aromatic rings. The largest absolute Gasteiger partial charge is 0.497 e. The van der Waals surface area contributed by atoms with Gasteiger partial charge < -0.3 is 20.1 Å². The quantitative estimate of drug-likeness (QED) is 0.685. The third-order valence-corrected chi connectivity index (χ3v) is 3.43. The van der Waals surface area contributed by atoms with Gasteiger partial charge in [-0.05, 0) is 42.8 Å². The molecule has 0 fully saturated rings. The number of amides is 1. The van der Waals surface area contributed by atoms with Crippen molar-refractivity contribution >= 4 is 17.3 Å². The maximum Gasteiger partial charge on any atom is 0.243 e. The maximum atomic E-state index is 12.0. The number of unbranched alkanes of at least 4 members (excludes halogenated alkanes) is 1. The van der Waals surface area contributed by atoms with E-state index in [4.69, 9.17) is 9.47 Å². The molecule has 0 radical (unpaired) electrons. The molecule has 0 aliphatic rings. The standard InChI is InChI=1S/C19H24N2O3/c1-3-4-12-24-17-10-8-15(9-11-17)20-14-19(22)21-16-6-5-7-18(13-16)23-2/h5-11,13,20H,3-4,12,14H2,1-2H3,(H,21,22). The Bertz CT molecular complexity index is 641. The molecule has 2 rings (SSSR count). The van der Waals surface area contributed by atoms with Crippen molar-refractivity contribution in [1.82, 2.24) is 0 Å². The van der Waals surface area contributed by atoms with Crippen LogP contribution in [0.1, 0.15) is 19.8 Å². The lowest BCUT2D eigenvalue weighted by atomic mass is 10.3. The SMILES string of the molecule is CCCCOc1ccc(NCC(=O)Nc2cccc(OC)c2)cc1. The van der Waals surface area contributed by atoms with Crippen molar-refractivity contribution in [3.8, 4) is 11.5 Å². The van der Waals surface area contributed by atoms with Gasteiger partial charge in [0.2, 0.25) is 5.91 Å². The second-order valence-corrected chi connectivity index (χ2v) is 5.36. The lowest BCUT2D eigenvalue weighted by molar-refractivity contribution is -0.114. The summed E-state index contributed by atoms with van der Waals surface area (Å²) in [4.78, 5) is 12.0. The van der Waals surface area contributed by atoms with Gasteiger partial charge in [-0.1, -0.05) is 19.4 Å². The highest BCUT2D eigenvalue weighted by molar-refractivity contribution is 5.93. The molecule has 24 heavy (non-hydrogen) atoms. The molecule has 0 atom stereocenters. The van der Waals surface area contributed by atoms with Gasteiger partial charge in [0.25, 0.3) is 0 Å². The molecule has 0 aliphatic carbocycles. The van der Waals surface area contributed by atoms with Crippen LogP contribution in [0.15, 0.2) is 48.5 Å². The zero-order valence-corrected chi connectivity index (χ0v) is 14.2. The van der Waals surface area contributed by atoms with Gasteiger partial charge in [0, 0.05) is 17.4 Å². The third-order valence-electron chi connectivity index (χ3n) is 3.43. The first-order chi connectivity index (χ1) is 11.7. The maximum absolute atomic E-state index is 12.0. The molecule has 2 aromatic carbocycles. The minimum absolute atomic E-state index is 0.119. The van der Waals surface area contributed by atoms with E-state index >= 15 is 0 Å². The van der Waals surface area contributed by atoms with Crippen molar-refractivity contribution in [3.05, 3.63) is 48.5 Å². The van der Waals surface area contributed by atoms with Crippen molar-refractivity contribution in [1.29, 1.82) is 0 Å². The van der Waals surface area contributed by atoms with Crippen molar-refractivity contribution in [2.24, 2.45) is 0 Å². The van der Waals surface area contributed by atoms with Crippen LogP contribution >= 0.6 is 0 Å². The lowest BCUT2D eigenvalue weighted by Gasteiger charge is -2.10. The summed E-state index contributed by atoms with van der Waals surface area (Å²) in [6, 6.07) is 14.9. The fourth-order valence-corrected chi connectivity index (χ4v) is 2.09. The summed E-state index contributed by atoms with van der Waals surface area (Å²) >= 11 is 0. The van der Waals surface area contributed by atoms with Crippen molar-refractivity contribution in [2.45, 2.75) is 19.8 Å². The van der Waals surface area contributed by atoms with E-state index in [1.807, 2.05) is 42.5 Å². The van der Waals surface area contributed by atoms with E-state index in [0.717, 1.165) is 30.9 Å². The van der Waals surface area contributed by atoms with E-state index in [1.165, 1.54) is 0 Å². The Balaban J connectivity index is 1.78. The highest BCUT2D eigenvalue weighted by atomic mass is 16.5. The normalized spacial score (nSPS) is 10.1. The van der Waals surface area contributed by atoms with Gasteiger partial charge in [-0.3, -0.25) is 4.79 Å². The number of anilines is 2. The Kier molecular flexibility index (Phi) is 6.95. The van der Waals surface area contributed by atoms with Gasteiger partial charge in [0.15, 0.2) is 0 Å². The van der Waals surface area contributed by atoms with E-state index in [1.54, 1.807) is 13.2 Å². The molecule has 0 heterocycles. The molecule has 0 saturated carbocycles. The molecule has 0 aromatic heterocycles. The van der Waals surface area contributed by atoms with Gasteiger partial charge in [-0.15, -0.1) is 0 Å². The van der Waals surface area contributed by atoms with E-state index < -0.39 is 0 Å². The first-order valence-corrected chi connectivity index (χ1v) is 8.12. The van der Waals surface area contributed by atoms with Gasteiger partial charge in [0.1, 0.15) is 11.5 Å². The smallest absolute Gasteiger partial charge is 0.243 e. The number of hydrogen-bond donors (Lipinski definition) is 2. The molecular formula is C19H24N2O3.